The molecule has 2 rings (SSSR count). The molecule has 0 saturated carbocycles. The minimum Gasteiger partial charge on any atom is -0.439 e. The van der Waals surface area contributed by atoms with Crippen LogP contribution in [-0.4, -0.2) is 31.7 Å². The molecule has 2 aromatic rings. The second-order valence-corrected chi connectivity index (χ2v) is 6.28. The van der Waals surface area contributed by atoms with Crippen molar-refractivity contribution in [2.75, 3.05) is 18.6 Å². The summed E-state index contributed by atoms with van der Waals surface area (Å²) in [5, 5.41) is 2.84. The molecule has 6 nitrogen and oxygen atoms in total. The molecule has 1 aromatic carbocycles. The Bertz CT molecular complexity index is 712. The molecule has 0 spiro atoms. The third-order valence-corrected chi connectivity index (χ3v) is 3.66. The summed E-state index contributed by atoms with van der Waals surface area (Å²) in [6.07, 6.45) is 1.16. The summed E-state index contributed by atoms with van der Waals surface area (Å²) in [5.41, 5.74) is 0.770. The number of rotatable bonds is 4. The van der Waals surface area contributed by atoms with Crippen LogP contribution < -0.4 is 10.1 Å². The van der Waals surface area contributed by atoms with E-state index in [4.69, 9.17) is 4.74 Å². The molecular weight excluding hydrogens is 278 g/mol. The van der Waals surface area contributed by atoms with Crippen LogP contribution in [-0.2, 0) is 9.84 Å². The van der Waals surface area contributed by atoms with Crippen molar-refractivity contribution in [2.24, 2.45) is 0 Å². The number of hydrogen-bond donors (Lipinski definition) is 1. The van der Waals surface area contributed by atoms with E-state index in [-0.39, 0.29) is 4.90 Å². The minimum absolute atomic E-state index is 0.250. The fourth-order valence-corrected chi connectivity index (χ4v) is 2.21. The molecule has 0 aliphatic heterocycles. The molecule has 1 heterocycles. The number of aromatic nitrogens is 2. The Morgan fingerprint density at radius 2 is 1.80 bits per heavy atom. The first kappa shape index (κ1) is 14.3. The van der Waals surface area contributed by atoms with Crippen molar-refractivity contribution in [2.45, 2.75) is 11.8 Å². The molecule has 20 heavy (non-hydrogen) atoms. The van der Waals surface area contributed by atoms with E-state index >= 15 is 0 Å². The molecule has 0 radical (unpaired) electrons. The van der Waals surface area contributed by atoms with E-state index < -0.39 is 9.84 Å². The van der Waals surface area contributed by atoms with Gasteiger partial charge in [-0.15, -0.1) is 0 Å². The van der Waals surface area contributed by atoms with Crippen LogP contribution in [0.1, 0.15) is 5.69 Å². The topological polar surface area (TPSA) is 81.2 Å². The Labute approximate surface area is 117 Å². The van der Waals surface area contributed by atoms with Crippen LogP contribution in [0.5, 0.6) is 11.6 Å². The Balaban J connectivity index is 2.24. The maximum absolute atomic E-state index is 11.4. The Kier molecular flexibility index (Phi) is 3.89. The fourth-order valence-electron chi connectivity index (χ4n) is 1.58. The second kappa shape index (κ2) is 5.46. The Hall–Kier alpha value is -2.15. The average Bonchev–Trinajstić information content (AvgIpc) is 2.37. The Morgan fingerprint density at radius 1 is 1.15 bits per heavy atom. The second-order valence-electron chi connectivity index (χ2n) is 4.27. The highest BCUT2D eigenvalue weighted by molar-refractivity contribution is 7.90. The van der Waals surface area contributed by atoms with Crippen molar-refractivity contribution in [1.29, 1.82) is 0 Å². The van der Waals surface area contributed by atoms with Gasteiger partial charge in [-0.1, -0.05) is 0 Å². The average molecular weight is 293 g/mol. The van der Waals surface area contributed by atoms with Crippen molar-refractivity contribution in [3.8, 4) is 11.6 Å². The van der Waals surface area contributed by atoms with Gasteiger partial charge in [-0.2, -0.15) is 4.98 Å². The van der Waals surface area contributed by atoms with Gasteiger partial charge in [0.2, 0.25) is 11.8 Å². The monoisotopic (exact) mass is 293 g/mol. The zero-order valence-electron chi connectivity index (χ0n) is 11.4. The molecular formula is C13H15N3O3S. The molecule has 0 aliphatic rings. The maximum atomic E-state index is 11.4. The Morgan fingerprint density at radius 3 is 2.35 bits per heavy atom. The number of benzene rings is 1. The van der Waals surface area contributed by atoms with E-state index in [1.165, 1.54) is 12.1 Å². The molecule has 0 atom stereocenters. The lowest BCUT2D eigenvalue weighted by Gasteiger charge is -2.07. The molecule has 0 unspecified atom stereocenters. The number of anilines is 1. The molecule has 7 heteroatoms. The van der Waals surface area contributed by atoms with Crippen LogP contribution in [0.25, 0.3) is 0 Å². The molecule has 1 N–H and O–H groups in total. The first-order valence-electron chi connectivity index (χ1n) is 5.90. The predicted molar refractivity (Wildman–Crippen MR) is 75.9 cm³/mol. The first-order chi connectivity index (χ1) is 9.38. The predicted octanol–water partition coefficient (Wildman–Crippen LogP) is 2.02. The van der Waals surface area contributed by atoms with Crippen LogP contribution >= 0.6 is 0 Å². The summed E-state index contributed by atoms with van der Waals surface area (Å²) in [6, 6.07) is 7.88. The highest BCUT2D eigenvalue weighted by Gasteiger charge is 2.08. The van der Waals surface area contributed by atoms with Gasteiger partial charge in [0, 0.05) is 25.1 Å². The van der Waals surface area contributed by atoms with Crippen molar-refractivity contribution < 1.29 is 13.2 Å². The highest BCUT2D eigenvalue weighted by atomic mass is 32.2. The van der Waals surface area contributed by atoms with Crippen LogP contribution in [0, 0.1) is 6.92 Å². The van der Waals surface area contributed by atoms with Crippen LogP contribution in [0.2, 0.25) is 0 Å². The quantitative estimate of drug-likeness (QED) is 0.929. The summed E-state index contributed by atoms with van der Waals surface area (Å²) < 4.78 is 28.3. The van der Waals surface area contributed by atoms with Crippen LogP contribution in [0.4, 0.5) is 5.95 Å². The van der Waals surface area contributed by atoms with E-state index in [1.54, 1.807) is 25.2 Å². The van der Waals surface area contributed by atoms with Gasteiger partial charge in [0.05, 0.1) is 4.90 Å². The van der Waals surface area contributed by atoms with Crippen molar-refractivity contribution in [3.05, 3.63) is 36.0 Å². The number of ether oxygens (including phenoxy) is 1. The van der Waals surface area contributed by atoms with Crippen LogP contribution in [0.3, 0.4) is 0 Å². The largest absolute Gasteiger partial charge is 0.439 e. The number of nitrogens with one attached hydrogen (secondary N) is 1. The smallest absolute Gasteiger partial charge is 0.225 e. The van der Waals surface area contributed by atoms with Crippen molar-refractivity contribution in [3.63, 3.8) is 0 Å². The SMILES string of the molecule is CNc1nc(C)cc(Oc2ccc(S(C)(=O)=O)cc2)n1. The normalized spacial score (nSPS) is 11.2. The van der Waals surface area contributed by atoms with E-state index in [0.29, 0.717) is 17.6 Å². The van der Waals surface area contributed by atoms with E-state index in [9.17, 15) is 8.42 Å². The highest BCUT2D eigenvalue weighted by Crippen LogP contribution is 2.22. The van der Waals surface area contributed by atoms with Crippen LogP contribution in [0.15, 0.2) is 35.2 Å². The number of nitrogens with zero attached hydrogens (tertiary/aromatic N) is 2. The van der Waals surface area contributed by atoms with Crippen molar-refractivity contribution in [1.82, 2.24) is 9.97 Å². The number of hydrogen-bond acceptors (Lipinski definition) is 6. The summed E-state index contributed by atoms with van der Waals surface area (Å²) in [6.45, 7) is 1.84. The van der Waals surface area contributed by atoms with Gasteiger partial charge >= 0.3 is 0 Å². The third-order valence-electron chi connectivity index (χ3n) is 2.53. The van der Waals surface area contributed by atoms with Gasteiger partial charge in [-0.3, -0.25) is 0 Å². The van der Waals surface area contributed by atoms with Gasteiger partial charge in [-0.05, 0) is 31.2 Å². The fraction of sp³-hybridized carbons (Fsp3) is 0.231. The van der Waals surface area contributed by atoms with E-state index in [1.807, 2.05) is 6.92 Å². The zero-order valence-corrected chi connectivity index (χ0v) is 12.2. The molecule has 0 saturated heterocycles. The lowest BCUT2D eigenvalue weighted by atomic mass is 10.3. The van der Waals surface area contributed by atoms with Gasteiger partial charge in [0.25, 0.3) is 0 Å². The lowest BCUT2D eigenvalue weighted by molar-refractivity contribution is 0.461. The maximum Gasteiger partial charge on any atom is 0.225 e. The minimum atomic E-state index is -3.20. The molecule has 0 amide bonds. The molecule has 0 aliphatic carbocycles. The molecule has 0 bridgehead atoms. The van der Waals surface area contributed by atoms with Gasteiger partial charge < -0.3 is 10.1 Å². The number of sulfone groups is 1. The van der Waals surface area contributed by atoms with E-state index in [2.05, 4.69) is 15.3 Å². The molecule has 106 valence electrons. The number of aryl methyl sites for hydroxylation is 1. The lowest BCUT2D eigenvalue weighted by Crippen LogP contribution is -2.00. The third kappa shape index (κ3) is 3.45. The first-order valence-corrected chi connectivity index (χ1v) is 7.79. The summed E-state index contributed by atoms with van der Waals surface area (Å²) in [5.74, 6) is 1.37. The molecule has 1 aromatic heterocycles. The van der Waals surface area contributed by atoms with Gasteiger partial charge in [0.1, 0.15) is 5.75 Å². The molecule has 0 fully saturated rings. The van der Waals surface area contributed by atoms with Crippen molar-refractivity contribution >= 4 is 15.8 Å². The van der Waals surface area contributed by atoms with Gasteiger partial charge in [-0.25, -0.2) is 13.4 Å². The summed E-state index contributed by atoms with van der Waals surface area (Å²) in [4.78, 5) is 8.56. The summed E-state index contributed by atoms with van der Waals surface area (Å²) in [7, 11) is -1.48. The van der Waals surface area contributed by atoms with Gasteiger partial charge in [0.15, 0.2) is 9.84 Å². The summed E-state index contributed by atoms with van der Waals surface area (Å²) >= 11 is 0. The van der Waals surface area contributed by atoms with E-state index in [0.717, 1.165) is 11.9 Å². The standard InChI is InChI=1S/C13H15N3O3S/c1-9-8-12(16-13(14-2)15-9)19-10-4-6-11(7-5-10)20(3,17)18/h4-8H,1-3H3,(H,14,15,16). The zero-order chi connectivity index (χ0) is 14.8.